The third-order valence-electron chi connectivity index (χ3n) is 5.00. The van der Waals surface area contributed by atoms with Crippen molar-refractivity contribution in [1.29, 1.82) is 0 Å². The summed E-state index contributed by atoms with van der Waals surface area (Å²) in [5.74, 6) is -0.682. The van der Waals surface area contributed by atoms with Crippen LogP contribution in [0.5, 0.6) is 0 Å². The average Bonchev–Trinajstić information content (AvgIpc) is 2.37. The monoisotopic (exact) mass is 256 g/mol. The first-order valence-corrected chi connectivity index (χ1v) is 6.24. The van der Waals surface area contributed by atoms with Crippen molar-refractivity contribution in [3.05, 3.63) is 0 Å². The molecule has 0 aromatic carbocycles. The zero-order valence-electron chi connectivity index (χ0n) is 10.2. The Hall–Kier alpha value is -0.530. The van der Waals surface area contributed by atoms with Gasteiger partial charge >= 0.3 is 0 Å². The Labute approximate surface area is 104 Å². The summed E-state index contributed by atoms with van der Waals surface area (Å²) < 4.78 is 22.0. The molecule has 8 unspecified atom stereocenters. The molecule has 18 heavy (non-hydrogen) atoms. The Balaban J connectivity index is 1.82. The van der Waals surface area contributed by atoms with Crippen molar-refractivity contribution >= 4 is 5.78 Å². The van der Waals surface area contributed by atoms with Gasteiger partial charge in [0.2, 0.25) is 0 Å². The van der Waals surface area contributed by atoms with Gasteiger partial charge in [-0.05, 0) is 0 Å². The molecular formula is C12H16O6. The molecule has 0 aromatic rings. The van der Waals surface area contributed by atoms with Crippen LogP contribution in [0.2, 0.25) is 0 Å². The molecule has 0 amide bonds. The molecule has 6 heteroatoms. The zero-order chi connectivity index (χ0) is 12.7. The minimum atomic E-state index is -1.07. The fourth-order valence-electron chi connectivity index (χ4n) is 4.29. The van der Waals surface area contributed by atoms with Crippen LogP contribution in [0, 0.1) is 11.8 Å². The number of methoxy groups -OCH3 is 2. The molecule has 1 N–H and O–H groups in total. The maximum atomic E-state index is 12.3. The second kappa shape index (κ2) is 3.32. The third-order valence-corrected chi connectivity index (χ3v) is 5.00. The summed E-state index contributed by atoms with van der Waals surface area (Å²) in [5.41, 5.74) is -1.07. The highest BCUT2D eigenvalue weighted by atomic mass is 16.7. The maximum Gasteiger partial charge on any atom is 0.170 e. The predicted molar refractivity (Wildman–Crippen MR) is 56.7 cm³/mol. The summed E-state index contributed by atoms with van der Waals surface area (Å²) in [6.45, 7) is 0. The van der Waals surface area contributed by atoms with Gasteiger partial charge in [-0.1, -0.05) is 0 Å². The fourth-order valence-corrected chi connectivity index (χ4v) is 4.29. The van der Waals surface area contributed by atoms with Gasteiger partial charge in [-0.3, -0.25) is 4.79 Å². The molecule has 2 saturated carbocycles. The minimum absolute atomic E-state index is 0.0287. The topological polar surface area (TPSA) is 74.2 Å². The van der Waals surface area contributed by atoms with Crippen molar-refractivity contribution in [3.63, 3.8) is 0 Å². The smallest absolute Gasteiger partial charge is 0.170 e. The largest absolute Gasteiger partial charge is 0.386 e. The number of carbonyl (C=O) groups excluding carboxylic acids is 1. The van der Waals surface area contributed by atoms with E-state index in [0.717, 1.165) is 0 Å². The number of Topliss-reactive ketones (excluding diaryl/α,β-unsaturated/α-hetero) is 1. The van der Waals surface area contributed by atoms with Crippen molar-refractivity contribution in [1.82, 2.24) is 0 Å². The van der Waals surface area contributed by atoms with Gasteiger partial charge in [-0.25, -0.2) is 0 Å². The molecule has 0 aromatic heterocycles. The van der Waals surface area contributed by atoms with Crippen LogP contribution >= 0.6 is 0 Å². The van der Waals surface area contributed by atoms with E-state index in [-0.39, 0.29) is 29.8 Å². The molecule has 8 atom stereocenters. The molecule has 6 nitrogen and oxygen atoms in total. The van der Waals surface area contributed by atoms with Crippen molar-refractivity contribution < 1.29 is 28.8 Å². The van der Waals surface area contributed by atoms with Crippen LogP contribution < -0.4 is 0 Å². The summed E-state index contributed by atoms with van der Waals surface area (Å²) in [4.78, 5) is 12.3. The first-order chi connectivity index (χ1) is 8.61. The van der Waals surface area contributed by atoms with Crippen molar-refractivity contribution in [2.75, 3.05) is 14.2 Å². The van der Waals surface area contributed by atoms with Crippen LogP contribution in [-0.4, -0.2) is 61.4 Å². The summed E-state index contributed by atoms with van der Waals surface area (Å²) in [7, 11) is 3.12. The van der Waals surface area contributed by atoms with E-state index in [1.165, 1.54) is 7.11 Å². The molecule has 7 fully saturated rings. The lowest BCUT2D eigenvalue weighted by Crippen LogP contribution is -2.84. The van der Waals surface area contributed by atoms with Crippen LogP contribution in [0.1, 0.15) is 6.42 Å². The molecule has 0 spiro atoms. The number of hydrogen-bond acceptors (Lipinski definition) is 6. The van der Waals surface area contributed by atoms with Crippen molar-refractivity contribution in [3.8, 4) is 0 Å². The SMILES string of the molecule is COC1CC2(O)C3OC1C1C(=O)C3OC(OC)C12. The van der Waals surface area contributed by atoms with Gasteiger partial charge in [0.25, 0.3) is 0 Å². The van der Waals surface area contributed by atoms with E-state index in [4.69, 9.17) is 18.9 Å². The van der Waals surface area contributed by atoms with Gasteiger partial charge in [0.05, 0.1) is 24.0 Å². The lowest BCUT2D eigenvalue weighted by Gasteiger charge is -2.68. The van der Waals surface area contributed by atoms with Crippen molar-refractivity contribution in [2.24, 2.45) is 11.8 Å². The number of ether oxygens (including phenoxy) is 4. The van der Waals surface area contributed by atoms with Gasteiger partial charge in [0, 0.05) is 20.6 Å². The average molecular weight is 256 g/mol. The van der Waals surface area contributed by atoms with Gasteiger partial charge < -0.3 is 24.1 Å². The normalized spacial score (nSPS) is 60.6. The third kappa shape index (κ3) is 1.02. The van der Waals surface area contributed by atoms with E-state index in [2.05, 4.69) is 0 Å². The number of hydrogen-bond donors (Lipinski definition) is 1. The summed E-state index contributed by atoms with van der Waals surface area (Å²) in [6.07, 6.45) is -1.81. The Morgan fingerprint density at radius 3 is 2.78 bits per heavy atom. The number of ketones is 1. The van der Waals surface area contributed by atoms with E-state index >= 15 is 0 Å². The van der Waals surface area contributed by atoms with Crippen molar-refractivity contribution in [2.45, 2.75) is 42.7 Å². The Morgan fingerprint density at radius 2 is 2.11 bits per heavy atom. The molecule has 0 radical (unpaired) electrons. The highest BCUT2D eigenvalue weighted by Crippen LogP contribution is 2.59. The summed E-state index contributed by atoms with van der Waals surface area (Å²) in [6, 6.07) is 0. The first kappa shape index (κ1) is 11.3. The van der Waals surface area contributed by atoms with Gasteiger partial charge in [0.15, 0.2) is 12.1 Å². The Bertz CT molecular complexity index is 411. The Morgan fingerprint density at radius 1 is 1.33 bits per heavy atom. The highest BCUT2D eigenvalue weighted by molar-refractivity contribution is 5.90. The molecule has 5 heterocycles. The maximum absolute atomic E-state index is 12.3. The highest BCUT2D eigenvalue weighted by Gasteiger charge is 2.76. The molecule has 5 saturated heterocycles. The van der Waals surface area contributed by atoms with E-state index in [0.29, 0.717) is 6.42 Å². The van der Waals surface area contributed by atoms with Crippen LogP contribution in [0.15, 0.2) is 0 Å². The Kier molecular flexibility index (Phi) is 2.08. The number of rotatable bonds is 2. The van der Waals surface area contributed by atoms with E-state index in [1.54, 1.807) is 7.11 Å². The lowest BCUT2D eigenvalue weighted by atomic mass is 9.52. The molecular weight excluding hydrogens is 240 g/mol. The van der Waals surface area contributed by atoms with E-state index in [1.807, 2.05) is 0 Å². The molecule has 6 bridgehead atoms. The molecule has 2 aliphatic carbocycles. The standard InChI is InChI=1S/C12H16O6/c1-15-4-3-12(14)6-5-7(13)9(18-11(6)16-2)10(12)17-8(4)5/h4-6,8-11,14H,3H2,1-2H3. The van der Waals surface area contributed by atoms with Gasteiger partial charge in [-0.15, -0.1) is 0 Å². The molecule has 7 aliphatic rings. The van der Waals surface area contributed by atoms with Crippen LogP contribution in [-0.2, 0) is 23.7 Å². The molecule has 5 aliphatic heterocycles. The van der Waals surface area contributed by atoms with Crippen LogP contribution in [0.4, 0.5) is 0 Å². The predicted octanol–water partition coefficient (Wildman–Crippen LogP) is -0.910. The van der Waals surface area contributed by atoms with Crippen LogP contribution in [0.3, 0.4) is 0 Å². The van der Waals surface area contributed by atoms with Gasteiger partial charge in [-0.2, -0.15) is 0 Å². The van der Waals surface area contributed by atoms with E-state index < -0.39 is 24.1 Å². The quantitative estimate of drug-likeness (QED) is 0.689. The van der Waals surface area contributed by atoms with E-state index in [9.17, 15) is 9.90 Å². The second-order valence-corrected chi connectivity index (χ2v) is 5.61. The lowest BCUT2D eigenvalue weighted by molar-refractivity contribution is -0.411. The fraction of sp³-hybridized carbons (Fsp3) is 0.917. The van der Waals surface area contributed by atoms with Gasteiger partial charge in [0.1, 0.15) is 17.8 Å². The first-order valence-electron chi connectivity index (χ1n) is 6.24. The summed E-state index contributed by atoms with van der Waals surface area (Å²) >= 11 is 0. The van der Waals surface area contributed by atoms with Crippen LogP contribution in [0.25, 0.3) is 0 Å². The number of carbonyl (C=O) groups is 1. The number of fused-ring (bicyclic) bond motifs is 2. The zero-order valence-corrected chi connectivity index (χ0v) is 10.2. The summed E-state index contributed by atoms with van der Waals surface area (Å²) in [5, 5.41) is 10.9. The molecule has 100 valence electrons. The minimum Gasteiger partial charge on any atom is -0.386 e. The molecule has 7 rings (SSSR count). The number of aliphatic hydroxyl groups is 1. The second-order valence-electron chi connectivity index (χ2n) is 5.61.